The molecule has 0 bridgehead atoms. The molecule has 4 aromatic carbocycles. The summed E-state index contributed by atoms with van der Waals surface area (Å²) in [4.78, 5) is 28.8. The fourth-order valence-electron chi connectivity index (χ4n) is 4.76. The highest BCUT2D eigenvalue weighted by Crippen LogP contribution is 2.33. The van der Waals surface area contributed by atoms with Gasteiger partial charge in [0.1, 0.15) is 18.8 Å². The van der Waals surface area contributed by atoms with Crippen LogP contribution in [0, 0.1) is 0 Å². The molecule has 0 aromatic heterocycles. The Labute approximate surface area is 244 Å². The molecule has 0 radical (unpaired) electrons. The van der Waals surface area contributed by atoms with Crippen molar-refractivity contribution in [3.63, 3.8) is 0 Å². The lowest BCUT2D eigenvalue weighted by Crippen LogP contribution is -2.35. The van der Waals surface area contributed by atoms with E-state index >= 15 is 0 Å². The summed E-state index contributed by atoms with van der Waals surface area (Å²) in [5.41, 5.74) is 3.77. The van der Waals surface area contributed by atoms with Crippen molar-refractivity contribution in [3.8, 4) is 11.5 Å². The minimum atomic E-state index is -0.510. The van der Waals surface area contributed by atoms with Gasteiger partial charge in [-0.3, -0.25) is 14.5 Å². The third-order valence-corrected chi connectivity index (χ3v) is 7.41. The van der Waals surface area contributed by atoms with Gasteiger partial charge in [0.25, 0.3) is 5.91 Å². The third-order valence-electron chi connectivity index (χ3n) is 7.01. The highest BCUT2D eigenvalue weighted by molar-refractivity contribution is 7.80. The molecule has 0 saturated carbocycles. The van der Waals surface area contributed by atoms with Crippen molar-refractivity contribution in [1.29, 1.82) is 0 Å². The maximum absolute atomic E-state index is 13.7. The monoisotopic (exact) mass is 566 g/mol. The lowest BCUT2D eigenvalue weighted by molar-refractivity contribution is -0.140. The first-order chi connectivity index (χ1) is 19.9. The molecule has 0 aliphatic carbocycles. The number of benzene rings is 4. The Balaban J connectivity index is 1.44. The van der Waals surface area contributed by atoms with Crippen LogP contribution in [0.5, 0.6) is 11.5 Å². The van der Waals surface area contributed by atoms with E-state index in [1.54, 1.807) is 25.3 Å². The summed E-state index contributed by atoms with van der Waals surface area (Å²) in [5.74, 6) is 0.237. The van der Waals surface area contributed by atoms with E-state index in [1.165, 1.54) is 16.9 Å². The van der Waals surface area contributed by atoms with E-state index < -0.39 is 5.97 Å². The number of carbonyl (C=O) groups excluding carboxylic acids is 2. The number of thiocarbonyl (C=S) groups is 1. The summed E-state index contributed by atoms with van der Waals surface area (Å²) < 4.78 is 16.7. The Morgan fingerprint density at radius 1 is 0.927 bits per heavy atom. The van der Waals surface area contributed by atoms with Crippen molar-refractivity contribution >= 4 is 51.7 Å². The summed E-state index contributed by atoms with van der Waals surface area (Å²) in [6.07, 6.45) is 2.57. The maximum atomic E-state index is 13.7. The number of hydrogen-bond acceptors (Lipinski definition) is 6. The van der Waals surface area contributed by atoms with E-state index in [2.05, 4.69) is 25.1 Å². The van der Waals surface area contributed by atoms with Gasteiger partial charge in [-0.05, 0) is 76.4 Å². The second-order valence-electron chi connectivity index (χ2n) is 9.47. The van der Waals surface area contributed by atoms with Gasteiger partial charge in [-0.1, -0.05) is 67.6 Å². The molecule has 0 spiro atoms. The van der Waals surface area contributed by atoms with Crippen molar-refractivity contribution in [3.05, 3.63) is 107 Å². The number of esters is 1. The first-order valence-corrected chi connectivity index (χ1v) is 13.6. The summed E-state index contributed by atoms with van der Waals surface area (Å²) in [6, 6.07) is 27.3. The van der Waals surface area contributed by atoms with Crippen molar-refractivity contribution < 1.29 is 23.8 Å². The van der Waals surface area contributed by atoms with Crippen LogP contribution in [0.3, 0.4) is 0 Å². The van der Waals surface area contributed by atoms with Gasteiger partial charge in [-0.25, -0.2) is 0 Å². The Kier molecular flexibility index (Phi) is 8.31. The van der Waals surface area contributed by atoms with E-state index in [0.29, 0.717) is 29.4 Å². The van der Waals surface area contributed by atoms with Crippen LogP contribution in [0.1, 0.15) is 23.6 Å². The highest BCUT2D eigenvalue weighted by atomic mass is 32.1. The smallest absolute Gasteiger partial charge is 0.325 e. The third kappa shape index (κ3) is 5.78. The van der Waals surface area contributed by atoms with Crippen LogP contribution in [-0.4, -0.2) is 42.7 Å². The quantitative estimate of drug-likeness (QED) is 0.137. The average molecular weight is 567 g/mol. The van der Waals surface area contributed by atoms with Crippen LogP contribution in [0.15, 0.2) is 90.6 Å². The number of hydrogen-bond donors (Lipinski definition) is 0. The standard InChI is InChI=1S/C33H30N2O5S/c1-4-22-12-15-26(16-13-22)35-32(37)28(34(33(35)41)20-31(36)39-3)18-23-14-17-29(30(19-23)38-2)40-21-25-10-7-9-24-8-5-6-11-27(24)25/h5-19H,4,20-21H2,1-3H3/b28-18-. The van der Waals surface area contributed by atoms with Gasteiger partial charge in [-0.2, -0.15) is 0 Å². The Morgan fingerprint density at radius 3 is 2.41 bits per heavy atom. The minimum absolute atomic E-state index is 0.195. The molecule has 1 fully saturated rings. The normalized spacial score (nSPS) is 14.2. The van der Waals surface area contributed by atoms with Gasteiger partial charge < -0.3 is 19.1 Å². The SMILES string of the molecule is CCc1ccc(N2C(=O)/C(=C/c3ccc(OCc4cccc5ccccc45)c(OC)c3)N(CC(=O)OC)C2=S)cc1. The molecule has 8 heteroatoms. The number of carbonyl (C=O) groups is 2. The molecular weight excluding hydrogens is 536 g/mol. The Bertz CT molecular complexity index is 1640. The van der Waals surface area contributed by atoms with Gasteiger partial charge in [-0.15, -0.1) is 0 Å². The zero-order valence-electron chi connectivity index (χ0n) is 23.1. The zero-order chi connectivity index (χ0) is 28.9. The van der Waals surface area contributed by atoms with E-state index in [-0.39, 0.29) is 23.3 Å². The molecule has 1 aliphatic heterocycles. The summed E-state index contributed by atoms with van der Waals surface area (Å²) in [7, 11) is 2.87. The summed E-state index contributed by atoms with van der Waals surface area (Å²) in [6.45, 7) is 2.23. The maximum Gasteiger partial charge on any atom is 0.325 e. The second-order valence-corrected chi connectivity index (χ2v) is 9.84. The fourth-order valence-corrected chi connectivity index (χ4v) is 5.11. The van der Waals surface area contributed by atoms with Gasteiger partial charge in [0, 0.05) is 0 Å². The lowest BCUT2D eigenvalue weighted by Gasteiger charge is -2.19. The first-order valence-electron chi connectivity index (χ1n) is 13.2. The molecule has 0 atom stereocenters. The van der Waals surface area contributed by atoms with E-state index in [1.807, 2.05) is 54.6 Å². The first kappa shape index (κ1) is 27.9. The molecule has 41 heavy (non-hydrogen) atoms. The molecule has 0 N–H and O–H groups in total. The Hall–Kier alpha value is -4.69. The number of rotatable bonds is 9. The van der Waals surface area contributed by atoms with Gasteiger partial charge in [0.2, 0.25) is 0 Å². The molecule has 4 aromatic rings. The van der Waals surface area contributed by atoms with Gasteiger partial charge in [0.15, 0.2) is 16.6 Å². The predicted molar refractivity (Wildman–Crippen MR) is 164 cm³/mol. The van der Waals surface area contributed by atoms with Crippen LogP contribution < -0.4 is 14.4 Å². The minimum Gasteiger partial charge on any atom is -0.493 e. The van der Waals surface area contributed by atoms with E-state index in [0.717, 1.165) is 28.3 Å². The molecule has 7 nitrogen and oxygen atoms in total. The van der Waals surface area contributed by atoms with Crippen LogP contribution in [0.25, 0.3) is 16.8 Å². The molecule has 1 saturated heterocycles. The summed E-state index contributed by atoms with van der Waals surface area (Å²) in [5, 5.41) is 2.48. The molecule has 1 aliphatic rings. The largest absolute Gasteiger partial charge is 0.493 e. The number of anilines is 1. The molecule has 1 amide bonds. The van der Waals surface area contributed by atoms with Crippen molar-refractivity contribution in [2.45, 2.75) is 20.0 Å². The van der Waals surface area contributed by atoms with E-state index in [4.69, 9.17) is 26.4 Å². The number of methoxy groups -OCH3 is 2. The lowest BCUT2D eigenvalue weighted by atomic mass is 10.1. The van der Waals surface area contributed by atoms with Crippen LogP contribution in [-0.2, 0) is 27.4 Å². The number of fused-ring (bicyclic) bond motifs is 1. The molecule has 208 valence electrons. The number of amides is 1. The van der Waals surface area contributed by atoms with Crippen molar-refractivity contribution in [1.82, 2.24) is 4.90 Å². The van der Waals surface area contributed by atoms with Gasteiger partial charge in [0.05, 0.1) is 19.9 Å². The number of aryl methyl sites for hydroxylation is 1. The second kappa shape index (κ2) is 12.2. The Morgan fingerprint density at radius 2 is 1.68 bits per heavy atom. The highest BCUT2D eigenvalue weighted by Gasteiger charge is 2.40. The summed E-state index contributed by atoms with van der Waals surface area (Å²) >= 11 is 5.66. The molecule has 0 unspecified atom stereocenters. The topological polar surface area (TPSA) is 68.3 Å². The van der Waals surface area contributed by atoms with E-state index in [9.17, 15) is 9.59 Å². The van der Waals surface area contributed by atoms with Crippen LogP contribution in [0.2, 0.25) is 0 Å². The van der Waals surface area contributed by atoms with Crippen molar-refractivity contribution in [2.75, 3.05) is 25.7 Å². The van der Waals surface area contributed by atoms with Crippen LogP contribution in [0.4, 0.5) is 5.69 Å². The zero-order valence-corrected chi connectivity index (χ0v) is 23.9. The molecular formula is C33H30N2O5S. The fraction of sp³-hybridized carbons (Fsp3) is 0.182. The number of nitrogens with zero attached hydrogens (tertiary/aromatic N) is 2. The van der Waals surface area contributed by atoms with Gasteiger partial charge >= 0.3 is 5.97 Å². The van der Waals surface area contributed by atoms with Crippen molar-refractivity contribution in [2.24, 2.45) is 0 Å². The predicted octanol–water partition coefficient (Wildman–Crippen LogP) is 6.14. The molecule has 1 heterocycles. The molecule has 5 rings (SSSR count). The van der Waals surface area contributed by atoms with Crippen LogP contribution >= 0.6 is 12.2 Å². The number of ether oxygens (including phenoxy) is 3. The average Bonchev–Trinajstić information content (AvgIpc) is 3.23.